The number of aryl methyl sites for hydroxylation is 2. The van der Waals surface area contributed by atoms with Crippen LogP contribution in [0.25, 0.3) is 10.9 Å². The number of hydrogen-bond acceptors (Lipinski definition) is 4. The first-order valence-electron chi connectivity index (χ1n) is 16.0. The van der Waals surface area contributed by atoms with Crippen LogP contribution >= 0.6 is 11.6 Å². The van der Waals surface area contributed by atoms with Crippen molar-refractivity contribution in [3.8, 4) is 0 Å². The highest BCUT2D eigenvalue weighted by molar-refractivity contribution is 6.30. The third kappa shape index (κ3) is 8.55. The molecule has 0 fully saturated rings. The lowest BCUT2D eigenvalue weighted by atomic mass is 9.88. The van der Waals surface area contributed by atoms with Gasteiger partial charge in [-0.2, -0.15) is 13.2 Å². The van der Waals surface area contributed by atoms with Gasteiger partial charge in [-0.1, -0.05) is 42.8 Å². The molecular weight excluding hydrogens is 659 g/mol. The largest absolute Gasteiger partial charge is 0.490 e. The molecule has 0 bridgehead atoms. The Balaban J connectivity index is 0.000000606. The summed E-state index contributed by atoms with van der Waals surface area (Å²) in [6.07, 6.45) is 0.956. The number of carbonyl (C=O) groups is 3. The van der Waals surface area contributed by atoms with E-state index in [-0.39, 0.29) is 17.7 Å². The van der Waals surface area contributed by atoms with E-state index >= 15 is 0 Å². The fraction of sp³-hybridized carbons (Fsp3) is 0.361. The number of aromatic amines is 1. The molecule has 3 aromatic carbocycles. The molecule has 3 amide bonds. The Kier molecular flexibility index (Phi) is 10.9. The zero-order valence-corrected chi connectivity index (χ0v) is 28.2. The van der Waals surface area contributed by atoms with Gasteiger partial charge in [0, 0.05) is 52.5 Å². The van der Waals surface area contributed by atoms with Crippen molar-refractivity contribution in [2.45, 2.75) is 50.7 Å². The van der Waals surface area contributed by atoms with Gasteiger partial charge in [0.15, 0.2) is 0 Å². The number of alkyl halides is 3. The molecule has 4 aromatic rings. The summed E-state index contributed by atoms with van der Waals surface area (Å²) >= 11 is 6.39. The predicted octanol–water partition coefficient (Wildman–Crippen LogP) is 7.00. The van der Waals surface area contributed by atoms with Crippen molar-refractivity contribution >= 4 is 51.8 Å². The Bertz CT molecular complexity index is 1840. The molecule has 1 aliphatic carbocycles. The highest BCUT2D eigenvalue weighted by Crippen LogP contribution is 2.35. The zero-order chi connectivity index (χ0) is 35.5. The number of carboxylic acid groups (broad SMARTS) is 1. The smallest absolute Gasteiger partial charge is 0.475 e. The number of H-pyrrole nitrogens is 1. The number of carbonyl (C=O) groups excluding carboxylic acids is 2. The number of aliphatic carboxylic acids is 1. The average molecular weight is 698 g/mol. The van der Waals surface area contributed by atoms with Crippen LogP contribution in [-0.4, -0.2) is 72.3 Å². The summed E-state index contributed by atoms with van der Waals surface area (Å²) in [6.45, 7) is 3.42. The molecule has 6 rings (SSSR count). The number of halogens is 4. The van der Waals surface area contributed by atoms with Crippen molar-refractivity contribution in [1.29, 1.82) is 0 Å². The molecule has 0 saturated carbocycles. The molecule has 9 nitrogen and oxygen atoms in total. The molecule has 3 atom stereocenters. The summed E-state index contributed by atoms with van der Waals surface area (Å²) in [7, 11) is 4.10. The lowest BCUT2D eigenvalue weighted by molar-refractivity contribution is -0.192. The maximum absolute atomic E-state index is 14.6. The van der Waals surface area contributed by atoms with Crippen molar-refractivity contribution < 1.29 is 32.7 Å². The number of carboxylic acids is 1. The molecule has 1 aliphatic heterocycles. The second kappa shape index (κ2) is 14.9. The standard InChI is InChI=1S/C34H38ClN5O2.C2HF3O2/c1-21(29-18-36-30-10-5-4-9-28(29)30)32(38-34(42)37-27-13-11-23-7-6-8-24(23)17-27)33(41)40-20-22(19-39(2)3)15-25-16-26(35)12-14-31(25)40;3-2(4,5)1(6)7/h4-5,9-14,16-18,21-22,32,36H,6-8,15,19-20H2,1-3H3,(H2,37,38,42);(H,6,7)/t21?,22-,32?;/m1./s1. The van der Waals surface area contributed by atoms with Crippen LogP contribution in [0.15, 0.2) is 66.9 Å². The number of nitrogens with one attached hydrogen (secondary N) is 3. The number of rotatable bonds is 7. The van der Waals surface area contributed by atoms with Crippen LogP contribution in [0.3, 0.4) is 0 Å². The Hall–Kier alpha value is -4.55. The molecule has 2 heterocycles. The van der Waals surface area contributed by atoms with Gasteiger partial charge < -0.3 is 30.5 Å². The van der Waals surface area contributed by atoms with Crippen molar-refractivity contribution in [2.24, 2.45) is 5.92 Å². The number of urea groups is 1. The molecule has 2 unspecified atom stereocenters. The average Bonchev–Trinajstić information content (AvgIpc) is 3.69. The SMILES string of the molecule is CC(c1c[nH]c2ccccc12)C(NC(=O)Nc1ccc2c(c1)CCC2)C(=O)N1C[C@@H](CN(C)C)Cc2cc(Cl)ccc21.O=C(O)C(F)(F)F. The topological polar surface area (TPSA) is 118 Å². The summed E-state index contributed by atoms with van der Waals surface area (Å²) in [4.78, 5) is 44.4. The van der Waals surface area contributed by atoms with Gasteiger partial charge in [-0.05, 0) is 104 Å². The van der Waals surface area contributed by atoms with Crippen molar-refractivity contribution in [1.82, 2.24) is 15.2 Å². The number of amides is 3. The molecule has 0 spiro atoms. The number of hydrogen-bond donors (Lipinski definition) is 4. The summed E-state index contributed by atoms with van der Waals surface area (Å²) in [5, 5.41) is 14.9. The molecular formula is C36H39ClF3N5O4. The second-order valence-electron chi connectivity index (χ2n) is 12.8. The van der Waals surface area contributed by atoms with E-state index in [0.29, 0.717) is 11.6 Å². The Morgan fingerprint density at radius 3 is 2.47 bits per heavy atom. The predicted molar refractivity (Wildman–Crippen MR) is 184 cm³/mol. The van der Waals surface area contributed by atoms with Gasteiger partial charge in [0.2, 0.25) is 5.91 Å². The minimum absolute atomic E-state index is 0.135. The first-order valence-corrected chi connectivity index (χ1v) is 16.4. The minimum atomic E-state index is -5.08. The van der Waals surface area contributed by atoms with Crippen molar-refractivity contribution in [3.05, 3.63) is 94.1 Å². The van der Waals surface area contributed by atoms with Crippen LogP contribution in [0, 0.1) is 5.92 Å². The van der Waals surface area contributed by atoms with Crippen molar-refractivity contribution in [3.63, 3.8) is 0 Å². The molecule has 13 heteroatoms. The van der Waals surface area contributed by atoms with E-state index in [1.807, 2.05) is 74.6 Å². The lowest BCUT2D eigenvalue weighted by Crippen LogP contribution is -2.55. The molecule has 0 saturated heterocycles. The van der Waals surface area contributed by atoms with Gasteiger partial charge in [-0.3, -0.25) is 4.79 Å². The Morgan fingerprint density at radius 1 is 1.04 bits per heavy atom. The Morgan fingerprint density at radius 2 is 1.76 bits per heavy atom. The third-order valence-corrected chi connectivity index (χ3v) is 9.17. The fourth-order valence-electron chi connectivity index (χ4n) is 6.74. The Labute approximate surface area is 287 Å². The fourth-order valence-corrected chi connectivity index (χ4v) is 6.93. The quantitative estimate of drug-likeness (QED) is 0.166. The van der Waals surface area contributed by atoms with E-state index in [1.54, 1.807) is 0 Å². The monoisotopic (exact) mass is 697 g/mol. The van der Waals surface area contributed by atoms with Crippen LogP contribution in [0.1, 0.15) is 41.5 Å². The number of fused-ring (bicyclic) bond motifs is 3. The van der Waals surface area contributed by atoms with E-state index in [2.05, 4.69) is 38.7 Å². The molecule has 2 aliphatic rings. The number of anilines is 2. The van der Waals surface area contributed by atoms with Gasteiger partial charge in [0.25, 0.3) is 0 Å². The van der Waals surface area contributed by atoms with Crippen molar-refractivity contribution in [2.75, 3.05) is 37.4 Å². The highest BCUT2D eigenvalue weighted by atomic mass is 35.5. The van der Waals surface area contributed by atoms with E-state index in [0.717, 1.165) is 65.6 Å². The van der Waals surface area contributed by atoms with Crippen LogP contribution in [0.5, 0.6) is 0 Å². The van der Waals surface area contributed by atoms with Gasteiger partial charge in [-0.25, -0.2) is 9.59 Å². The summed E-state index contributed by atoms with van der Waals surface area (Å²) in [6, 6.07) is 18.7. The van der Waals surface area contributed by atoms with Crippen LogP contribution in [0.2, 0.25) is 5.02 Å². The van der Waals surface area contributed by atoms with E-state index < -0.39 is 24.2 Å². The molecule has 260 valence electrons. The van der Waals surface area contributed by atoms with E-state index in [9.17, 15) is 22.8 Å². The van der Waals surface area contributed by atoms with Crippen LogP contribution in [0.4, 0.5) is 29.3 Å². The van der Waals surface area contributed by atoms with E-state index in [1.165, 1.54) is 11.1 Å². The number of para-hydroxylation sites is 1. The van der Waals surface area contributed by atoms with Gasteiger partial charge >= 0.3 is 18.2 Å². The van der Waals surface area contributed by atoms with Gasteiger partial charge in [0.1, 0.15) is 6.04 Å². The van der Waals surface area contributed by atoms with Gasteiger partial charge in [-0.15, -0.1) is 0 Å². The zero-order valence-electron chi connectivity index (χ0n) is 27.4. The highest BCUT2D eigenvalue weighted by Gasteiger charge is 2.39. The van der Waals surface area contributed by atoms with Crippen LogP contribution in [-0.2, 0) is 28.9 Å². The minimum Gasteiger partial charge on any atom is -0.475 e. The first kappa shape index (κ1) is 35.7. The maximum Gasteiger partial charge on any atom is 0.490 e. The summed E-state index contributed by atoms with van der Waals surface area (Å²) < 4.78 is 31.7. The first-order chi connectivity index (χ1) is 23.2. The summed E-state index contributed by atoms with van der Waals surface area (Å²) in [5.74, 6) is -2.96. The third-order valence-electron chi connectivity index (χ3n) is 8.93. The number of nitrogens with zero attached hydrogens (tertiary/aromatic N) is 2. The molecule has 0 radical (unpaired) electrons. The maximum atomic E-state index is 14.6. The lowest BCUT2D eigenvalue weighted by Gasteiger charge is -2.38. The van der Waals surface area contributed by atoms with Gasteiger partial charge in [0.05, 0.1) is 0 Å². The second-order valence-corrected chi connectivity index (χ2v) is 13.3. The molecule has 1 aromatic heterocycles. The molecule has 49 heavy (non-hydrogen) atoms. The summed E-state index contributed by atoms with van der Waals surface area (Å²) in [5.41, 5.74) is 7.26. The van der Waals surface area contributed by atoms with E-state index in [4.69, 9.17) is 21.5 Å². The van der Waals surface area contributed by atoms with Crippen LogP contribution < -0.4 is 15.5 Å². The number of benzene rings is 3. The molecule has 4 N–H and O–H groups in total. The number of aromatic nitrogens is 1. The normalized spacial score (nSPS) is 16.7.